The maximum atomic E-state index is 12.8. The molecular formula is C16H11BrN2OS2. The summed E-state index contributed by atoms with van der Waals surface area (Å²) in [6.45, 7) is 0. The minimum atomic E-state index is -0.380. The van der Waals surface area contributed by atoms with E-state index in [1.165, 1.54) is 11.8 Å². The molecule has 2 aromatic rings. The number of halogens is 1. The molecule has 2 N–H and O–H groups in total. The lowest BCUT2D eigenvalue weighted by Crippen LogP contribution is -2.22. The first-order valence-electron chi connectivity index (χ1n) is 6.51. The van der Waals surface area contributed by atoms with Crippen LogP contribution in [0, 0.1) is 11.3 Å². The zero-order valence-corrected chi connectivity index (χ0v) is 14.5. The molecule has 6 heteroatoms. The van der Waals surface area contributed by atoms with E-state index in [1.54, 1.807) is 23.5 Å². The highest BCUT2D eigenvalue weighted by Crippen LogP contribution is 2.47. The molecule has 1 aliphatic rings. The minimum absolute atomic E-state index is 0.00380. The molecule has 22 heavy (non-hydrogen) atoms. The Morgan fingerprint density at radius 3 is 2.59 bits per heavy atom. The summed E-state index contributed by atoms with van der Waals surface area (Å²) in [5.41, 5.74) is 7.12. The first-order valence-corrected chi connectivity index (χ1v) is 9.06. The summed E-state index contributed by atoms with van der Waals surface area (Å²) >= 11 is 6.20. The van der Waals surface area contributed by atoms with Crippen LogP contribution in [0.15, 0.2) is 56.9 Å². The lowest BCUT2D eigenvalue weighted by Gasteiger charge is -2.17. The van der Waals surface area contributed by atoms with Crippen molar-refractivity contribution in [3.05, 3.63) is 67.3 Å². The molecule has 0 saturated heterocycles. The monoisotopic (exact) mass is 390 g/mol. The summed E-state index contributed by atoms with van der Waals surface area (Å²) in [4.78, 5) is 13.8. The van der Waals surface area contributed by atoms with Crippen LogP contribution in [0.1, 0.15) is 21.2 Å². The van der Waals surface area contributed by atoms with Gasteiger partial charge in [-0.25, -0.2) is 0 Å². The average Bonchev–Trinajstić information content (AvgIpc) is 3.14. The van der Waals surface area contributed by atoms with Crippen molar-refractivity contribution in [1.82, 2.24) is 0 Å². The number of ketones is 1. The van der Waals surface area contributed by atoms with E-state index in [9.17, 15) is 10.1 Å². The Balaban J connectivity index is 1.98. The van der Waals surface area contributed by atoms with E-state index in [0.717, 1.165) is 9.35 Å². The summed E-state index contributed by atoms with van der Waals surface area (Å²) in [7, 11) is 0. The molecule has 0 saturated carbocycles. The molecule has 2 heterocycles. The number of carbonyl (C=O) groups excluding carboxylic acids is 1. The van der Waals surface area contributed by atoms with Crippen LogP contribution in [0.2, 0.25) is 0 Å². The lowest BCUT2D eigenvalue weighted by molar-refractivity contribution is 0.0986. The number of hydrogen-bond donors (Lipinski definition) is 1. The molecule has 3 rings (SSSR count). The number of thiophene rings is 1. The first-order chi connectivity index (χ1) is 10.6. The Labute approximate surface area is 145 Å². The van der Waals surface area contributed by atoms with Gasteiger partial charge in [-0.05, 0) is 23.6 Å². The van der Waals surface area contributed by atoms with Gasteiger partial charge in [0.15, 0.2) is 5.78 Å². The second-order valence-corrected chi connectivity index (χ2v) is 7.87. The van der Waals surface area contributed by atoms with Crippen LogP contribution in [0.4, 0.5) is 0 Å². The third kappa shape index (κ3) is 2.72. The smallest absolute Gasteiger partial charge is 0.177 e. The topological polar surface area (TPSA) is 66.9 Å². The first kappa shape index (κ1) is 15.3. The molecule has 0 amide bonds. The quantitative estimate of drug-likeness (QED) is 0.793. The normalized spacial score (nSPS) is 20.9. The maximum absolute atomic E-state index is 12.8. The highest BCUT2D eigenvalue weighted by Gasteiger charge is 2.41. The zero-order valence-electron chi connectivity index (χ0n) is 11.3. The van der Waals surface area contributed by atoms with Gasteiger partial charge in [0.25, 0.3) is 0 Å². The standard InChI is InChI=1S/C16H11BrN2OS2/c17-10-5-3-9(4-6-10)14(20)15-13(12-2-1-7-21-12)11(8-18)16(19)22-15/h1-7,13,15H,19H2/t13-,15+/m0/s1. The van der Waals surface area contributed by atoms with E-state index in [4.69, 9.17) is 5.73 Å². The van der Waals surface area contributed by atoms with E-state index in [-0.39, 0.29) is 17.0 Å². The SMILES string of the molecule is N#CC1=C(N)S[C@@H](C(=O)c2ccc(Br)cc2)[C@@H]1c1cccs1. The number of nitrogens with two attached hydrogens (primary N) is 1. The molecule has 0 aliphatic carbocycles. The van der Waals surface area contributed by atoms with Gasteiger partial charge in [-0.15, -0.1) is 11.3 Å². The number of hydrogen-bond acceptors (Lipinski definition) is 5. The number of thioether (sulfide) groups is 1. The van der Waals surface area contributed by atoms with E-state index >= 15 is 0 Å². The third-order valence-corrected chi connectivity index (χ3v) is 6.19. The second kappa shape index (κ2) is 6.29. The van der Waals surface area contributed by atoms with E-state index < -0.39 is 0 Å². The maximum Gasteiger partial charge on any atom is 0.177 e. The summed E-state index contributed by atoms with van der Waals surface area (Å²) in [5.74, 6) is -0.254. The number of nitriles is 1. The Morgan fingerprint density at radius 2 is 2.00 bits per heavy atom. The van der Waals surface area contributed by atoms with Gasteiger partial charge in [0.05, 0.1) is 27.8 Å². The van der Waals surface area contributed by atoms with Gasteiger partial charge in [-0.1, -0.05) is 45.9 Å². The largest absolute Gasteiger partial charge is 0.393 e. The second-order valence-electron chi connectivity index (χ2n) is 4.79. The molecule has 0 unspecified atom stereocenters. The molecule has 1 aromatic heterocycles. The summed E-state index contributed by atoms with van der Waals surface area (Å²) in [5, 5.41) is 11.4. The van der Waals surface area contributed by atoms with Crippen LogP contribution in [0.25, 0.3) is 0 Å². The molecule has 0 fully saturated rings. The number of Topliss-reactive ketones (excluding diaryl/α,β-unsaturated/α-hetero) is 1. The van der Waals surface area contributed by atoms with Gasteiger partial charge in [0.1, 0.15) is 0 Å². The van der Waals surface area contributed by atoms with Gasteiger partial charge in [-0.2, -0.15) is 5.26 Å². The van der Waals surface area contributed by atoms with Crippen molar-refractivity contribution in [1.29, 1.82) is 5.26 Å². The van der Waals surface area contributed by atoms with Crippen molar-refractivity contribution >= 4 is 44.8 Å². The fourth-order valence-corrected chi connectivity index (χ4v) is 4.90. The van der Waals surface area contributed by atoms with Gasteiger partial charge < -0.3 is 5.73 Å². The lowest BCUT2D eigenvalue weighted by atomic mass is 9.91. The van der Waals surface area contributed by atoms with Crippen LogP contribution in [0.5, 0.6) is 0 Å². The van der Waals surface area contributed by atoms with Crippen molar-refractivity contribution in [3.8, 4) is 6.07 Å². The Hall–Kier alpha value is -1.55. The number of benzene rings is 1. The summed E-state index contributed by atoms with van der Waals surface area (Å²) < 4.78 is 0.924. The summed E-state index contributed by atoms with van der Waals surface area (Å²) in [6, 6.07) is 13.3. The van der Waals surface area contributed by atoms with Gasteiger partial charge in [0, 0.05) is 14.9 Å². The van der Waals surface area contributed by atoms with Crippen LogP contribution < -0.4 is 5.73 Å². The van der Waals surface area contributed by atoms with Crippen molar-refractivity contribution in [2.45, 2.75) is 11.2 Å². The van der Waals surface area contributed by atoms with Crippen LogP contribution >= 0.6 is 39.0 Å². The molecule has 1 aliphatic heterocycles. The number of carbonyl (C=O) groups is 1. The molecular weight excluding hydrogens is 380 g/mol. The van der Waals surface area contributed by atoms with Crippen LogP contribution in [-0.2, 0) is 0 Å². The fraction of sp³-hybridized carbons (Fsp3) is 0.125. The number of rotatable bonds is 3. The molecule has 0 bridgehead atoms. The molecule has 3 nitrogen and oxygen atoms in total. The van der Waals surface area contributed by atoms with E-state index in [0.29, 0.717) is 16.2 Å². The average molecular weight is 391 g/mol. The fourth-order valence-electron chi connectivity index (χ4n) is 2.44. The number of allylic oxidation sites excluding steroid dienone is 1. The Kier molecular flexibility index (Phi) is 4.39. The molecule has 1 aromatic carbocycles. The van der Waals surface area contributed by atoms with Gasteiger partial charge in [0.2, 0.25) is 0 Å². The zero-order chi connectivity index (χ0) is 15.7. The van der Waals surface area contributed by atoms with Crippen molar-refractivity contribution in [2.24, 2.45) is 5.73 Å². The van der Waals surface area contributed by atoms with E-state index in [1.807, 2.05) is 29.6 Å². The van der Waals surface area contributed by atoms with Crippen molar-refractivity contribution < 1.29 is 4.79 Å². The molecule has 2 atom stereocenters. The third-order valence-electron chi connectivity index (χ3n) is 3.49. The van der Waals surface area contributed by atoms with Crippen LogP contribution in [-0.4, -0.2) is 11.0 Å². The van der Waals surface area contributed by atoms with E-state index in [2.05, 4.69) is 22.0 Å². The predicted molar refractivity (Wildman–Crippen MR) is 93.7 cm³/mol. The molecule has 0 spiro atoms. The molecule has 0 radical (unpaired) electrons. The van der Waals surface area contributed by atoms with Crippen LogP contribution in [0.3, 0.4) is 0 Å². The highest BCUT2D eigenvalue weighted by molar-refractivity contribution is 9.10. The minimum Gasteiger partial charge on any atom is -0.393 e. The number of nitrogens with zero attached hydrogens (tertiary/aromatic N) is 1. The highest BCUT2D eigenvalue weighted by atomic mass is 79.9. The van der Waals surface area contributed by atoms with Crippen molar-refractivity contribution in [3.63, 3.8) is 0 Å². The molecule has 110 valence electrons. The Bertz CT molecular complexity index is 775. The predicted octanol–water partition coefficient (Wildman–Crippen LogP) is 4.29. The van der Waals surface area contributed by atoms with Gasteiger partial charge >= 0.3 is 0 Å². The Morgan fingerprint density at radius 1 is 1.27 bits per heavy atom. The van der Waals surface area contributed by atoms with Crippen molar-refractivity contribution in [2.75, 3.05) is 0 Å². The van der Waals surface area contributed by atoms with Gasteiger partial charge in [-0.3, -0.25) is 4.79 Å². The summed E-state index contributed by atoms with van der Waals surface area (Å²) in [6.07, 6.45) is 0.